The van der Waals surface area contributed by atoms with Crippen LogP contribution < -0.4 is 5.32 Å². The molecule has 0 fully saturated rings. The molecule has 0 aromatic carbocycles. The first-order valence-electron chi connectivity index (χ1n) is 7.10. The number of hydrogen-bond acceptors (Lipinski definition) is 3. The molecule has 0 radical (unpaired) electrons. The second-order valence-electron chi connectivity index (χ2n) is 4.69. The lowest BCUT2D eigenvalue weighted by Crippen LogP contribution is -2.22. The first kappa shape index (κ1) is 18.8. The van der Waals surface area contributed by atoms with E-state index in [0.29, 0.717) is 18.7 Å². The summed E-state index contributed by atoms with van der Waals surface area (Å²) in [5, 5.41) is 3.15. The number of carbonyl (C=O) groups excluding carboxylic acids is 2. The first-order valence-corrected chi connectivity index (χ1v) is 8.52. The van der Waals surface area contributed by atoms with Gasteiger partial charge in [-0.3, -0.25) is 9.59 Å². The van der Waals surface area contributed by atoms with Crippen LogP contribution in [0.15, 0.2) is 0 Å². The van der Waals surface area contributed by atoms with Gasteiger partial charge in [-0.1, -0.05) is 37.9 Å². The van der Waals surface area contributed by atoms with Crippen molar-refractivity contribution in [2.24, 2.45) is 0 Å². The van der Waals surface area contributed by atoms with E-state index in [1.54, 1.807) is 0 Å². The largest absolute Gasteiger partial charge is 0.356 e. The standard InChI is InChI=1S/C14H26ClNO2S/c1-3-4-7-13(15)8-5-6-9-14(18)19-11-10-16-12(2)17/h13H,3-11H2,1-2H3,(H,16,17)/t13-/m0/s1. The summed E-state index contributed by atoms with van der Waals surface area (Å²) in [7, 11) is 0. The van der Waals surface area contributed by atoms with Crippen molar-refractivity contribution in [1.82, 2.24) is 5.32 Å². The monoisotopic (exact) mass is 307 g/mol. The molecule has 0 aliphatic rings. The Hall–Kier alpha value is -0.220. The van der Waals surface area contributed by atoms with Crippen LogP contribution in [0.2, 0.25) is 0 Å². The van der Waals surface area contributed by atoms with E-state index in [1.165, 1.54) is 31.5 Å². The Morgan fingerprint density at radius 1 is 1.21 bits per heavy atom. The quantitative estimate of drug-likeness (QED) is 0.467. The molecule has 5 heteroatoms. The average Bonchev–Trinajstić information content (AvgIpc) is 2.37. The number of alkyl halides is 1. The molecule has 0 aliphatic heterocycles. The smallest absolute Gasteiger partial charge is 0.216 e. The molecule has 19 heavy (non-hydrogen) atoms. The van der Waals surface area contributed by atoms with Crippen LogP contribution in [0.5, 0.6) is 0 Å². The fourth-order valence-corrected chi connectivity index (χ4v) is 2.70. The molecule has 1 N–H and O–H groups in total. The molecule has 112 valence electrons. The Bertz CT molecular complexity index is 262. The third-order valence-corrected chi connectivity index (χ3v) is 4.13. The number of thioether (sulfide) groups is 1. The van der Waals surface area contributed by atoms with Crippen molar-refractivity contribution in [2.75, 3.05) is 12.3 Å². The maximum absolute atomic E-state index is 11.5. The molecule has 1 amide bonds. The maximum atomic E-state index is 11.5. The van der Waals surface area contributed by atoms with Gasteiger partial charge in [0.05, 0.1) is 0 Å². The van der Waals surface area contributed by atoms with E-state index in [4.69, 9.17) is 11.6 Å². The molecule has 0 spiro atoms. The molecule has 0 unspecified atom stereocenters. The molecule has 0 aromatic rings. The van der Waals surface area contributed by atoms with Crippen LogP contribution in [0, 0.1) is 0 Å². The van der Waals surface area contributed by atoms with Crippen molar-refractivity contribution in [3.8, 4) is 0 Å². The minimum absolute atomic E-state index is 0.0479. The molecule has 0 saturated carbocycles. The zero-order chi connectivity index (χ0) is 14.5. The van der Waals surface area contributed by atoms with Crippen LogP contribution in [-0.2, 0) is 9.59 Å². The summed E-state index contributed by atoms with van der Waals surface area (Å²) in [6.07, 6.45) is 7.01. The molecular weight excluding hydrogens is 282 g/mol. The highest BCUT2D eigenvalue weighted by Crippen LogP contribution is 2.16. The van der Waals surface area contributed by atoms with Gasteiger partial charge < -0.3 is 5.32 Å². The Morgan fingerprint density at radius 2 is 1.89 bits per heavy atom. The van der Waals surface area contributed by atoms with Crippen LogP contribution >= 0.6 is 23.4 Å². The highest BCUT2D eigenvalue weighted by atomic mass is 35.5. The van der Waals surface area contributed by atoms with Crippen molar-refractivity contribution in [1.29, 1.82) is 0 Å². The van der Waals surface area contributed by atoms with Gasteiger partial charge in [-0.05, 0) is 19.3 Å². The number of nitrogens with one attached hydrogen (secondary N) is 1. The van der Waals surface area contributed by atoms with Gasteiger partial charge in [-0.15, -0.1) is 11.6 Å². The molecular formula is C14H26ClNO2S. The van der Waals surface area contributed by atoms with E-state index in [-0.39, 0.29) is 16.4 Å². The Morgan fingerprint density at radius 3 is 2.53 bits per heavy atom. The fourth-order valence-electron chi connectivity index (χ4n) is 1.67. The molecule has 3 nitrogen and oxygen atoms in total. The van der Waals surface area contributed by atoms with E-state index in [0.717, 1.165) is 25.7 Å². The zero-order valence-electron chi connectivity index (χ0n) is 12.0. The summed E-state index contributed by atoms with van der Waals surface area (Å²) in [6.45, 7) is 4.21. The minimum atomic E-state index is -0.0479. The van der Waals surface area contributed by atoms with Crippen molar-refractivity contribution in [3.63, 3.8) is 0 Å². The van der Waals surface area contributed by atoms with Crippen molar-refractivity contribution < 1.29 is 9.59 Å². The van der Waals surface area contributed by atoms with Crippen molar-refractivity contribution in [3.05, 3.63) is 0 Å². The van der Waals surface area contributed by atoms with E-state index < -0.39 is 0 Å². The number of unbranched alkanes of at least 4 members (excludes halogenated alkanes) is 2. The van der Waals surface area contributed by atoms with Crippen molar-refractivity contribution >= 4 is 34.4 Å². The normalized spacial score (nSPS) is 12.2. The van der Waals surface area contributed by atoms with Crippen molar-refractivity contribution in [2.45, 2.75) is 64.2 Å². The van der Waals surface area contributed by atoms with Gasteiger partial charge in [0.15, 0.2) is 5.12 Å². The summed E-state index contributed by atoms with van der Waals surface area (Å²) < 4.78 is 0. The highest BCUT2D eigenvalue weighted by Gasteiger charge is 2.06. The maximum Gasteiger partial charge on any atom is 0.216 e. The SMILES string of the molecule is CCCC[C@H](Cl)CCCCC(=O)SCCNC(C)=O. The molecule has 1 atom stereocenters. The van der Waals surface area contributed by atoms with Gasteiger partial charge in [-0.2, -0.15) is 0 Å². The summed E-state index contributed by atoms with van der Waals surface area (Å²) in [6, 6.07) is 0. The zero-order valence-corrected chi connectivity index (χ0v) is 13.6. The topological polar surface area (TPSA) is 46.2 Å². The summed E-state index contributed by atoms with van der Waals surface area (Å²) in [5.74, 6) is 0.612. The second-order valence-corrected chi connectivity index (χ2v) is 6.46. The van der Waals surface area contributed by atoms with Gasteiger partial charge in [-0.25, -0.2) is 0 Å². The third kappa shape index (κ3) is 14.0. The predicted octanol–water partition coefficient (Wildman–Crippen LogP) is 3.74. The van der Waals surface area contributed by atoms with Crippen LogP contribution in [-0.4, -0.2) is 28.7 Å². The minimum Gasteiger partial charge on any atom is -0.356 e. The average molecular weight is 308 g/mol. The van der Waals surface area contributed by atoms with Crippen LogP contribution in [0.3, 0.4) is 0 Å². The lowest BCUT2D eigenvalue weighted by atomic mass is 10.1. The predicted molar refractivity (Wildman–Crippen MR) is 83.8 cm³/mol. The van der Waals surface area contributed by atoms with Crippen LogP contribution in [0.25, 0.3) is 0 Å². The number of carbonyl (C=O) groups is 2. The van der Waals surface area contributed by atoms with E-state index in [9.17, 15) is 9.59 Å². The van der Waals surface area contributed by atoms with E-state index in [2.05, 4.69) is 12.2 Å². The number of amides is 1. The second kappa shape index (κ2) is 12.8. The van der Waals surface area contributed by atoms with Gasteiger partial charge in [0.1, 0.15) is 0 Å². The molecule has 0 saturated heterocycles. The third-order valence-electron chi connectivity index (χ3n) is 2.76. The lowest BCUT2D eigenvalue weighted by molar-refractivity contribution is -0.118. The van der Waals surface area contributed by atoms with Crippen LogP contribution in [0.4, 0.5) is 0 Å². The Labute approximate surface area is 126 Å². The molecule has 0 rings (SSSR count). The number of rotatable bonds is 11. The van der Waals surface area contributed by atoms with Crippen LogP contribution in [0.1, 0.15) is 58.8 Å². The number of hydrogen-bond donors (Lipinski definition) is 1. The summed E-state index contributed by atoms with van der Waals surface area (Å²) in [5.41, 5.74) is 0. The Balaban J connectivity index is 3.35. The molecule has 0 aliphatic carbocycles. The van der Waals surface area contributed by atoms with Gasteiger partial charge >= 0.3 is 0 Å². The lowest BCUT2D eigenvalue weighted by Gasteiger charge is -2.07. The Kier molecular flexibility index (Phi) is 12.6. The summed E-state index contributed by atoms with van der Waals surface area (Å²) in [4.78, 5) is 22.1. The van der Waals surface area contributed by atoms with Gasteiger partial charge in [0.25, 0.3) is 0 Å². The summed E-state index contributed by atoms with van der Waals surface area (Å²) >= 11 is 7.48. The molecule has 0 aromatic heterocycles. The van der Waals surface area contributed by atoms with E-state index in [1.807, 2.05) is 0 Å². The fraction of sp³-hybridized carbons (Fsp3) is 0.857. The number of halogens is 1. The molecule has 0 bridgehead atoms. The highest BCUT2D eigenvalue weighted by molar-refractivity contribution is 8.13. The van der Waals surface area contributed by atoms with E-state index >= 15 is 0 Å². The van der Waals surface area contributed by atoms with Gasteiger partial charge in [0.2, 0.25) is 5.91 Å². The molecule has 0 heterocycles. The van der Waals surface area contributed by atoms with Gasteiger partial charge in [0, 0.05) is 31.0 Å². The first-order chi connectivity index (χ1) is 9.06.